The van der Waals surface area contributed by atoms with Gasteiger partial charge < -0.3 is 4.74 Å². The lowest BCUT2D eigenvalue weighted by Gasteiger charge is -2.31. The van der Waals surface area contributed by atoms with E-state index in [2.05, 4.69) is 48.5 Å². The molecular weight excluding hydrogens is 160 g/mol. The molecule has 1 aliphatic heterocycles. The lowest BCUT2D eigenvalue weighted by Crippen LogP contribution is -2.32. The Labute approximate surface area is 82.9 Å². The largest absolute Gasteiger partial charge is 0.371 e. The fourth-order valence-electron chi connectivity index (χ4n) is 2.40. The zero-order chi connectivity index (χ0) is 10.4. The zero-order valence-corrected chi connectivity index (χ0v) is 10.1. The molecule has 1 heteroatoms. The normalized spacial score (nSPS) is 39.5. The monoisotopic (exact) mass is 184 g/mol. The van der Waals surface area contributed by atoms with Gasteiger partial charge in [-0.3, -0.25) is 0 Å². The van der Waals surface area contributed by atoms with Crippen LogP contribution in [0.3, 0.4) is 0 Å². The van der Waals surface area contributed by atoms with Gasteiger partial charge in [0, 0.05) is 0 Å². The number of hydrogen-bond acceptors (Lipinski definition) is 1. The van der Waals surface area contributed by atoms with Gasteiger partial charge in [-0.2, -0.15) is 0 Å². The van der Waals surface area contributed by atoms with Crippen LogP contribution < -0.4 is 0 Å². The predicted molar refractivity (Wildman–Crippen MR) is 56.7 cm³/mol. The zero-order valence-electron chi connectivity index (χ0n) is 10.1. The molecule has 1 nitrogen and oxygen atoms in total. The quantitative estimate of drug-likeness (QED) is 0.560. The van der Waals surface area contributed by atoms with E-state index in [4.69, 9.17) is 4.74 Å². The first-order valence-corrected chi connectivity index (χ1v) is 5.34. The summed E-state index contributed by atoms with van der Waals surface area (Å²) in [6.45, 7) is 15.8. The van der Waals surface area contributed by atoms with E-state index >= 15 is 0 Å². The van der Waals surface area contributed by atoms with Crippen LogP contribution in [0.15, 0.2) is 0 Å². The van der Waals surface area contributed by atoms with Gasteiger partial charge in [0.1, 0.15) is 0 Å². The third-order valence-electron chi connectivity index (χ3n) is 3.65. The van der Waals surface area contributed by atoms with E-state index in [9.17, 15) is 0 Å². The molecule has 0 aromatic heterocycles. The Morgan fingerprint density at radius 3 is 1.69 bits per heavy atom. The first-order valence-electron chi connectivity index (χ1n) is 5.34. The number of rotatable bonds is 0. The molecule has 0 aromatic carbocycles. The van der Waals surface area contributed by atoms with Crippen molar-refractivity contribution in [3.8, 4) is 0 Å². The lowest BCUT2D eigenvalue weighted by atomic mass is 9.76. The molecule has 1 fully saturated rings. The fourth-order valence-corrected chi connectivity index (χ4v) is 2.40. The van der Waals surface area contributed by atoms with E-state index in [0.717, 1.165) is 0 Å². The van der Waals surface area contributed by atoms with Gasteiger partial charge in [0.05, 0.1) is 11.7 Å². The summed E-state index contributed by atoms with van der Waals surface area (Å²) in [4.78, 5) is 0. The van der Waals surface area contributed by atoms with E-state index in [0.29, 0.717) is 17.9 Å². The molecule has 0 spiro atoms. The van der Waals surface area contributed by atoms with Crippen molar-refractivity contribution in [2.75, 3.05) is 0 Å². The topological polar surface area (TPSA) is 9.23 Å². The van der Waals surface area contributed by atoms with Gasteiger partial charge in [0.2, 0.25) is 0 Å². The van der Waals surface area contributed by atoms with Crippen molar-refractivity contribution in [1.29, 1.82) is 0 Å². The Hall–Kier alpha value is -0.0400. The molecule has 13 heavy (non-hydrogen) atoms. The van der Waals surface area contributed by atoms with Gasteiger partial charge in [-0.1, -0.05) is 34.6 Å². The van der Waals surface area contributed by atoms with E-state index in [-0.39, 0.29) is 11.0 Å². The Kier molecular flexibility index (Phi) is 2.53. The minimum Gasteiger partial charge on any atom is -0.371 e. The summed E-state index contributed by atoms with van der Waals surface area (Å²) in [6, 6.07) is 0. The first-order chi connectivity index (χ1) is 5.66. The van der Waals surface area contributed by atoms with Crippen molar-refractivity contribution in [2.45, 2.75) is 60.2 Å². The highest BCUT2D eigenvalue weighted by Crippen LogP contribution is 2.46. The summed E-state index contributed by atoms with van der Waals surface area (Å²) in [5.74, 6) is 1.31. The van der Waals surface area contributed by atoms with Crippen molar-refractivity contribution in [1.82, 2.24) is 0 Å². The maximum atomic E-state index is 6.14. The van der Waals surface area contributed by atoms with Crippen LogP contribution in [-0.4, -0.2) is 11.7 Å². The van der Waals surface area contributed by atoms with Crippen LogP contribution >= 0.6 is 0 Å². The van der Waals surface area contributed by atoms with E-state index < -0.39 is 0 Å². The van der Waals surface area contributed by atoms with Gasteiger partial charge in [-0.15, -0.1) is 0 Å². The Balaban J connectivity index is 2.84. The minimum absolute atomic E-state index is 0.0529. The smallest absolute Gasteiger partial charge is 0.0659 e. The molecule has 1 heterocycles. The summed E-state index contributed by atoms with van der Waals surface area (Å²) in [7, 11) is 0. The van der Waals surface area contributed by atoms with E-state index in [1.807, 2.05) is 0 Å². The van der Waals surface area contributed by atoms with Gasteiger partial charge in [-0.25, -0.2) is 0 Å². The third-order valence-corrected chi connectivity index (χ3v) is 3.65. The summed E-state index contributed by atoms with van der Waals surface area (Å²) >= 11 is 0. The third kappa shape index (κ3) is 1.90. The van der Waals surface area contributed by atoms with Crippen LogP contribution in [-0.2, 0) is 4.74 Å². The molecule has 3 atom stereocenters. The lowest BCUT2D eigenvalue weighted by molar-refractivity contribution is -0.0735. The maximum absolute atomic E-state index is 6.14. The molecule has 0 aromatic rings. The predicted octanol–water partition coefficient (Wildman–Crippen LogP) is 3.48. The highest BCUT2D eigenvalue weighted by molar-refractivity contribution is 4.96. The molecular formula is C12H24O. The van der Waals surface area contributed by atoms with Crippen LogP contribution in [0.25, 0.3) is 0 Å². The van der Waals surface area contributed by atoms with Crippen molar-refractivity contribution < 1.29 is 4.74 Å². The number of hydrogen-bond donors (Lipinski definition) is 0. The molecule has 3 unspecified atom stereocenters. The Morgan fingerprint density at radius 1 is 1.08 bits per heavy atom. The molecule has 1 saturated heterocycles. The fraction of sp³-hybridized carbons (Fsp3) is 1.00. The van der Waals surface area contributed by atoms with Gasteiger partial charge in [0.25, 0.3) is 0 Å². The van der Waals surface area contributed by atoms with Crippen molar-refractivity contribution in [2.24, 2.45) is 17.3 Å². The molecule has 0 saturated carbocycles. The first kappa shape index (κ1) is 11.0. The molecule has 0 aliphatic carbocycles. The molecule has 78 valence electrons. The second-order valence-corrected chi connectivity index (χ2v) is 6.16. The average Bonchev–Trinajstić information content (AvgIpc) is 2.12. The van der Waals surface area contributed by atoms with Crippen LogP contribution in [0.2, 0.25) is 0 Å². The summed E-state index contributed by atoms with van der Waals surface area (Å²) in [6.07, 6.45) is 0.400. The van der Waals surface area contributed by atoms with Crippen LogP contribution in [0.5, 0.6) is 0 Å². The summed E-state index contributed by atoms with van der Waals surface area (Å²) in [5.41, 5.74) is 0.318. The van der Waals surface area contributed by atoms with Crippen molar-refractivity contribution in [3.63, 3.8) is 0 Å². The molecule has 0 radical (unpaired) electrons. The van der Waals surface area contributed by atoms with Crippen LogP contribution in [0.4, 0.5) is 0 Å². The Morgan fingerprint density at radius 2 is 1.54 bits per heavy atom. The average molecular weight is 184 g/mol. The van der Waals surface area contributed by atoms with Gasteiger partial charge in [0.15, 0.2) is 0 Å². The van der Waals surface area contributed by atoms with Gasteiger partial charge >= 0.3 is 0 Å². The standard InChI is InChI=1S/C12H24O/c1-8-9(2)12(6,7)13-10(8)11(3,4)5/h8-10H,1-7H3. The molecule has 1 rings (SSSR count). The SMILES string of the molecule is CC1C(C(C)(C)C)OC(C)(C)C1C. The maximum Gasteiger partial charge on any atom is 0.0659 e. The van der Waals surface area contributed by atoms with Gasteiger partial charge in [-0.05, 0) is 31.1 Å². The summed E-state index contributed by atoms with van der Waals surface area (Å²) < 4.78 is 6.14. The van der Waals surface area contributed by atoms with E-state index in [1.165, 1.54) is 0 Å². The number of ether oxygens (including phenoxy) is 1. The molecule has 0 amide bonds. The molecule has 0 N–H and O–H groups in total. The molecule has 1 aliphatic rings. The highest BCUT2D eigenvalue weighted by atomic mass is 16.5. The summed E-state index contributed by atoms with van der Waals surface area (Å²) in [5, 5.41) is 0. The van der Waals surface area contributed by atoms with E-state index in [1.54, 1.807) is 0 Å². The van der Waals surface area contributed by atoms with Crippen LogP contribution in [0.1, 0.15) is 48.5 Å². The van der Waals surface area contributed by atoms with Crippen LogP contribution in [0, 0.1) is 17.3 Å². The minimum atomic E-state index is 0.0529. The second-order valence-electron chi connectivity index (χ2n) is 6.16. The van der Waals surface area contributed by atoms with Crippen molar-refractivity contribution >= 4 is 0 Å². The second kappa shape index (κ2) is 2.98. The van der Waals surface area contributed by atoms with Crippen molar-refractivity contribution in [3.05, 3.63) is 0 Å². The molecule has 0 bridgehead atoms. The Bertz CT molecular complexity index is 188. The highest BCUT2D eigenvalue weighted by Gasteiger charge is 2.48.